The third-order valence-corrected chi connectivity index (χ3v) is 4.99. The molecule has 1 aromatic carbocycles. The van der Waals surface area contributed by atoms with E-state index in [1.807, 2.05) is 38.1 Å². The maximum atomic E-state index is 13.0. The highest BCUT2D eigenvalue weighted by molar-refractivity contribution is 5.99. The Morgan fingerprint density at radius 2 is 1.89 bits per heavy atom. The Kier molecular flexibility index (Phi) is 4.53. The van der Waals surface area contributed by atoms with Gasteiger partial charge in [0.2, 0.25) is 0 Å². The van der Waals surface area contributed by atoms with E-state index in [2.05, 4.69) is 10.1 Å². The van der Waals surface area contributed by atoms with Gasteiger partial charge in [-0.1, -0.05) is 29.8 Å². The summed E-state index contributed by atoms with van der Waals surface area (Å²) in [5.74, 6) is -0.130. The number of H-pyrrole nitrogens is 1. The molecule has 0 bridgehead atoms. The zero-order valence-corrected chi connectivity index (χ0v) is 15.5. The minimum atomic E-state index is -0.167. The summed E-state index contributed by atoms with van der Waals surface area (Å²) in [7, 11) is 0. The molecular weight excluding hydrogens is 344 g/mol. The molecular formula is C20H22N4O3. The first-order valence-electron chi connectivity index (χ1n) is 9.07. The van der Waals surface area contributed by atoms with Crippen LogP contribution >= 0.6 is 0 Å². The molecule has 0 unspecified atom stereocenters. The molecule has 2 aromatic heterocycles. The highest BCUT2D eigenvalue weighted by atomic mass is 16.5. The maximum Gasteiger partial charge on any atom is 0.276 e. The second-order valence-electron chi connectivity index (χ2n) is 6.89. The third kappa shape index (κ3) is 3.26. The van der Waals surface area contributed by atoms with E-state index in [1.165, 1.54) is 10.1 Å². The highest BCUT2D eigenvalue weighted by Crippen LogP contribution is 2.15. The van der Waals surface area contributed by atoms with Gasteiger partial charge < -0.3 is 9.64 Å². The van der Waals surface area contributed by atoms with Crippen molar-refractivity contribution in [3.8, 4) is 0 Å². The van der Waals surface area contributed by atoms with Crippen molar-refractivity contribution in [1.82, 2.24) is 19.5 Å². The standard InChI is InChI=1S/C20H22N4O3/c1-13-3-5-15(6-4-13)11-16-14(2)22-18-17(12-21-24(18)20(16)26)19(25)23-7-9-27-10-8-23/h3-6,12,21H,7-11H2,1-2H3. The summed E-state index contributed by atoms with van der Waals surface area (Å²) >= 11 is 0. The number of morpholine rings is 1. The van der Waals surface area contributed by atoms with Crippen LogP contribution < -0.4 is 5.56 Å². The van der Waals surface area contributed by atoms with Crippen LogP contribution in [-0.4, -0.2) is 51.7 Å². The molecule has 1 saturated heterocycles. The Morgan fingerprint density at radius 1 is 1.19 bits per heavy atom. The number of hydrogen-bond donors (Lipinski definition) is 1. The number of benzene rings is 1. The second kappa shape index (κ2) is 7.00. The van der Waals surface area contributed by atoms with Crippen LogP contribution in [0.5, 0.6) is 0 Å². The van der Waals surface area contributed by atoms with Crippen LogP contribution in [0.3, 0.4) is 0 Å². The van der Waals surface area contributed by atoms with Crippen molar-refractivity contribution >= 4 is 11.6 Å². The van der Waals surface area contributed by atoms with Crippen molar-refractivity contribution in [3.63, 3.8) is 0 Å². The predicted molar refractivity (Wildman–Crippen MR) is 101 cm³/mol. The Balaban J connectivity index is 1.71. The number of carbonyl (C=O) groups excluding carboxylic acids is 1. The van der Waals surface area contributed by atoms with Crippen molar-refractivity contribution in [1.29, 1.82) is 0 Å². The second-order valence-corrected chi connectivity index (χ2v) is 6.89. The summed E-state index contributed by atoms with van der Waals surface area (Å²) in [5, 5.41) is 2.90. The molecule has 0 spiro atoms. The number of nitrogens with zero attached hydrogens (tertiary/aromatic N) is 3. The molecule has 1 amide bonds. The van der Waals surface area contributed by atoms with E-state index in [4.69, 9.17) is 4.74 Å². The molecule has 4 rings (SSSR count). The van der Waals surface area contributed by atoms with Crippen LogP contribution in [0.1, 0.15) is 32.7 Å². The third-order valence-electron chi connectivity index (χ3n) is 4.99. The Bertz CT molecular complexity index is 1040. The summed E-state index contributed by atoms with van der Waals surface area (Å²) in [6.07, 6.45) is 2.07. The number of carbonyl (C=O) groups is 1. The Hall–Kier alpha value is -2.93. The van der Waals surface area contributed by atoms with E-state index in [9.17, 15) is 9.59 Å². The molecule has 0 radical (unpaired) electrons. The number of nitrogens with one attached hydrogen (secondary N) is 1. The van der Waals surface area contributed by atoms with Crippen LogP contribution in [0, 0.1) is 13.8 Å². The van der Waals surface area contributed by atoms with Gasteiger partial charge in [-0.15, -0.1) is 0 Å². The van der Waals surface area contributed by atoms with Gasteiger partial charge in [0, 0.05) is 37.0 Å². The molecule has 1 N–H and O–H groups in total. The van der Waals surface area contributed by atoms with E-state index in [0.29, 0.717) is 55.2 Å². The molecule has 7 heteroatoms. The molecule has 3 heterocycles. The lowest BCUT2D eigenvalue weighted by atomic mass is 10.0. The number of aromatic nitrogens is 3. The topological polar surface area (TPSA) is 79.7 Å². The zero-order chi connectivity index (χ0) is 19.0. The molecule has 3 aromatic rings. The number of fused-ring (bicyclic) bond motifs is 1. The smallest absolute Gasteiger partial charge is 0.276 e. The van der Waals surface area contributed by atoms with Gasteiger partial charge in [-0.2, -0.15) is 0 Å². The van der Waals surface area contributed by atoms with Crippen molar-refractivity contribution in [3.05, 3.63) is 68.8 Å². The number of amides is 1. The van der Waals surface area contributed by atoms with Gasteiger partial charge >= 0.3 is 0 Å². The largest absolute Gasteiger partial charge is 0.378 e. The normalized spacial score (nSPS) is 14.7. The van der Waals surface area contributed by atoms with E-state index >= 15 is 0 Å². The fourth-order valence-electron chi connectivity index (χ4n) is 3.36. The van der Waals surface area contributed by atoms with Crippen LogP contribution in [-0.2, 0) is 11.2 Å². The van der Waals surface area contributed by atoms with Crippen LogP contribution in [0.4, 0.5) is 0 Å². The first kappa shape index (κ1) is 17.5. The Morgan fingerprint density at radius 3 is 2.59 bits per heavy atom. The fourth-order valence-corrected chi connectivity index (χ4v) is 3.36. The van der Waals surface area contributed by atoms with Gasteiger partial charge in [-0.25, -0.2) is 9.50 Å². The van der Waals surface area contributed by atoms with E-state index in [-0.39, 0.29) is 11.5 Å². The van der Waals surface area contributed by atoms with Crippen LogP contribution in [0.25, 0.3) is 5.65 Å². The summed E-state index contributed by atoms with van der Waals surface area (Å²) in [6, 6.07) is 8.10. The van der Waals surface area contributed by atoms with Gasteiger partial charge in [-0.05, 0) is 19.4 Å². The van der Waals surface area contributed by atoms with Crippen molar-refractivity contribution < 1.29 is 9.53 Å². The minimum absolute atomic E-state index is 0.130. The lowest BCUT2D eigenvalue weighted by Gasteiger charge is -2.26. The molecule has 1 fully saturated rings. The van der Waals surface area contributed by atoms with Crippen LogP contribution in [0.15, 0.2) is 35.3 Å². The molecule has 27 heavy (non-hydrogen) atoms. The quantitative estimate of drug-likeness (QED) is 0.765. The molecule has 1 aliphatic heterocycles. The average Bonchev–Trinajstić information content (AvgIpc) is 3.10. The van der Waals surface area contributed by atoms with E-state index < -0.39 is 0 Å². The first-order chi connectivity index (χ1) is 13.0. The number of rotatable bonds is 3. The molecule has 0 aliphatic carbocycles. The molecule has 140 valence electrons. The lowest BCUT2D eigenvalue weighted by molar-refractivity contribution is 0.0304. The minimum Gasteiger partial charge on any atom is -0.378 e. The fraction of sp³-hybridized carbons (Fsp3) is 0.350. The van der Waals surface area contributed by atoms with Crippen LogP contribution in [0.2, 0.25) is 0 Å². The first-order valence-corrected chi connectivity index (χ1v) is 9.07. The number of hydrogen-bond acceptors (Lipinski definition) is 4. The maximum absolute atomic E-state index is 13.0. The number of ether oxygens (including phenoxy) is 1. The van der Waals surface area contributed by atoms with Crippen molar-refractivity contribution in [2.75, 3.05) is 26.3 Å². The van der Waals surface area contributed by atoms with Gasteiger partial charge in [-0.3, -0.25) is 14.7 Å². The zero-order valence-electron chi connectivity index (χ0n) is 15.5. The number of aryl methyl sites for hydroxylation is 2. The van der Waals surface area contributed by atoms with Gasteiger partial charge in [0.25, 0.3) is 11.5 Å². The van der Waals surface area contributed by atoms with Gasteiger partial charge in [0.1, 0.15) is 5.56 Å². The van der Waals surface area contributed by atoms with Crippen molar-refractivity contribution in [2.45, 2.75) is 20.3 Å². The molecule has 0 saturated carbocycles. The van der Waals surface area contributed by atoms with Crippen molar-refractivity contribution in [2.24, 2.45) is 0 Å². The molecule has 1 aliphatic rings. The summed E-state index contributed by atoms with van der Waals surface area (Å²) < 4.78 is 6.67. The monoisotopic (exact) mass is 366 g/mol. The Labute approximate surface area is 156 Å². The van der Waals surface area contributed by atoms with Gasteiger partial charge in [0.05, 0.1) is 13.2 Å². The van der Waals surface area contributed by atoms with E-state index in [1.54, 1.807) is 11.1 Å². The highest BCUT2D eigenvalue weighted by Gasteiger charge is 2.24. The predicted octanol–water partition coefficient (Wildman–Crippen LogP) is 1.70. The molecule has 0 atom stereocenters. The lowest BCUT2D eigenvalue weighted by Crippen LogP contribution is -2.40. The SMILES string of the molecule is Cc1ccc(Cc2c(C)nc3c(C(=O)N4CCOCC4)c[nH]n3c2=O)cc1. The molecule has 7 nitrogen and oxygen atoms in total. The number of aromatic amines is 1. The summed E-state index contributed by atoms with van der Waals surface area (Å²) in [6.45, 7) is 6.00. The summed E-state index contributed by atoms with van der Waals surface area (Å²) in [4.78, 5) is 32.1. The van der Waals surface area contributed by atoms with Gasteiger partial charge in [0.15, 0.2) is 5.65 Å². The van der Waals surface area contributed by atoms with E-state index in [0.717, 1.165) is 5.56 Å². The summed E-state index contributed by atoms with van der Waals surface area (Å²) in [5.41, 5.74) is 4.13. The average molecular weight is 366 g/mol.